The van der Waals surface area contributed by atoms with Crippen molar-refractivity contribution in [2.75, 3.05) is 36.8 Å². The fraction of sp³-hybridized carbons (Fsp3) is 0.176. The predicted octanol–water partition coefficient (Wildman–Crippen LogP) is 12.8. The summed E-state index contributed by atoms with van der Waals surface area (Å²) in [5, 5.41) is 3.26. The maximum Gasteiger partial charge on any atom is 0.223 e. The van der Waals surface area contributed by atoms with Crippen molar-refractivity contribution in [1.82, 2.24) is 74.5 Å². The minimum atomic E-state index is -0.502. The van der Waals surface area contributed by atoms with Gasteiger partial charge in [0.2, 0.25) is 11.9 Å². The lowest BCUT2D eigenvalue weighted by molar-refractivity contribution is -0.128. The van der Waals surface area contributed by atoms with Crippen molar-refractivity contribution >= 4 is 101 Å². The third-order valence-corrected chi connectivity index (χ3v) is 17.1. The molecule has 3 fully saturated rings. The molecule has 1 atom stereocenters. The van der Waals surface area contributed by atoms with Crippen LogP contribution in [0.5, 0.6) is 0 Å². The van der Waals surface area contributed by atoms with E-state index in [2.05, 4.69) is 79.9 Å². The van der Waals surface area contributed by atoms with Gasteiger partial charge in [-0.05, 0) is 115 Å². The minimum absolute atomic E-state index is 0.140. The van der Waals surface area contributed by atoms with E-state index >= 15 is 0 Å². The highest BCUT2D eigenvalue weighted by atomic mass is 35.5. The first-order valence-electron chi connectivity index (χ1n) is 29.4. The molecule has 0 bridgehead atoms. The Hall–Kier alpha value is -10.9. The largest absolute Gasteiger partial charge is 0.382 e. The fourth-order valence-corrected chi connectivity index (χ4v) is 12.5. The molecule has 16 rings (SSSR count). The highest BCUT2D eigenvalue weighted by Crippen LogP contribution is 2.36. The van der Waals surface area contributed by atoms with Crippen LogP contribution in [0.1, 0.15) is 61.1 Å². The van der Waals surface area contributed by atoms with Crippen molar-refractivity contribution in [3.05, 3.63) is 205 Å². The molecule has 13 aromatic rings. The number of allylic oxidation sites excluding steroid dienone is 2. The average Bonchev–Trinajstić information content (AvgIpc) is 2.10. The van der Waals surface area contributed by atoms with E-state index in [-0.39, 0.29) is 11.8 Å². The Morgan fingerprint density at radius 3 is 1.52 bits per heavy atom. The lowest BCUT2D eigenvalue weighted by Gasteiger charge is -2.16. The van der Waals surface area contributed by atoms with Crippen molar-refractivity contribution in [3.8, 4) is 33.4 Å². The van der Waals surface area contributed by atoms with Crippen LogP contribution in [0.3, 0.4) is 0 Å². The van der Waals surface area contributed by atoms with Crippen LogP contribution in [0.25, 0.3) is 99.2 Å². The summed E-state index contributed by atoms with van der Waals surface area (Å²) in [5.41, 5.74) is 34.8. The number of nitrogens with one attached hydrogen (secondary N) is 3. The zero-order valence-corrected chi connectivity index (χ0v) is 49.1. The van der Waals surface area contributed by atoms with Gasteiger partial charge in [0.25, 0.3) is 0 Å². The second-order valence-corrected chi connectivity index (χ2v) is 23.0. The number of H-pyrrole nitrogens is 3. The topological polar surface area (TPSA) is 268 Å². The van der Waals surface area contributed by atoms with Crippen LogP contribution in [-0.2, 0) is 24.4 Å². The van der Waals surface area contributed by atoms with E-state index in [1.165, 1.54) is 17.8 Å². The van der Waals surface area contributed by atoms with E-state index in [0.29, 0.717) is 66.5 Å². The zero-order valence-electron chi connectivity index (χ0n) is 48.4. The average molecular weight is 1200 g/mol. The van der Waals surface area contributed by atoms with Gasteiger partial charge in [-0.15, -0.1) is 0 Å². The van der Waals surface area contributed by atoms with Gasteiger partial charge in [0, 0.05) is 101 Å². The summed E-state index contributed by atoms with van der Waals surface area (Å²) < 4.78 is 13.1. The van der Waals surface area contributed by atoms with E-state index in [1.807, 2.05) is 108 Å². The Bertz CT molecular complexity index is 4900. The fourth-order valence-electron chi connectivity index (χ4n) is 12.2. The number of nitrogens with zero attached hydrogens (tertiary/aromatic N) is 12. The number of halogens is 2. The Kier molecular flexibility index (Phi) is 14.7. The van der Waals surface area contributed by atoms with Gasteiger partial charge in [0.05, 0.1) is 36.2 Å². The molecule has 3 saturated heterocycles. The summed E-state index contributed by atoms with van der Waals surface area (Å²) in [6.45, 7) is 12.8. The molecule has 3 aliphatic heterocycles. The van der Waals surface area contributed by atoms with Crippen LogP contribution in [0, 0.1) is 5.95 Å². The molecule has 1 unspecified atom stereocenters. The second-order valence-electron chi connectivity index (χ2n) is 22.6. The van der Waals surface area contributed by atoms with Crippen molar-refractivity contribution in [1.29, 1.82) is 0 Å². The number of nitrogens with two attached hydrogens (primary N) is 3. The number of amides is 1. The lowest BCUT2D eigenvalue weighted by Crippen LogP contribution is -2.25. The number of anilines is 3. The summed E-state index contributed by atoms with van der Waals surface area (Å²) in [6, 6.07) is 38.9. The molecule has 0 radical (unpaired) electrons. The molecule has 0 aliphatic carbocycles. The highest BCUT2D eigenvalue weighted by Gasteiger charge is 2.31. The van der Waals surface area contributed by atoms with Crippen LogP contribution in [0.4, 0.5) is 21.8 Å². The van der Waals surface area contributed by atoms with E-state index in [9.17, 15) is 9.18 Å². The van der Waals surface area contributed by atoms with Gasteiger partial charge in [-0.2, -0.15) is 4.39 Å². The molecule has 89 heavy (non-hydrogen) atoms. The van der Waals surface area contributed by atoms with E-state index in [4.69, 9.17) is 43.8 Å². The summed E-state index contributed by atoms with van der Waals surface area (Å²) in [5.74, 6) is 3.54. The van der Waals surface area contributed by atoms with Crippen molar-refractivity contribution in [2.45, 2.75) is 57.7 Å². The van der Waals surface area contributed by atoms with Gasteiger partial charge in [-0.25, -0.2) is 39.9 Å². The van der Waals surface area contributed by atoms with Gasteiger partial charge >= 0.3 is 0 Å². The summed E-state index contributed by atoms with van der Waals surface area (Å²) >= 11 is 6.25. The van der Waals surface area contributed by atoms with Crippen molar-refractivity contribution < 1.29 is 9.18 Å². The Morgan fingerprint density at radius 2 is 1.03 bits per heavy atom. The summed E-state index contributed by atoms with van der Waals surface area (Å²) in [4.78, 5) is 69.3. The SMILES string of the molecule is C=C1CCCN1Cc1nc2c([nH]1)c(N)nc1cc(-c3ccc(F)nc3)ccc12.C=C1CCCN1Cc1nc2c([nH]1)c(N)nc1cc(-c3cccnc3Cl)ccc12.Nc1nc2cc(-c3cccnc3)ccc2c2nc(CN3CC(c4ccccc4)CC3=O)[nH]c12. The number of nitrogen functional groups attached to an aromatic ring is 3. The molecule has 19 nitrogen and oxygen atoms in total. The number of fused-ring (bicyclic) bond motifs is 9. The first-order valence-corrected chi connectivity index (χ1v) is 29.8. The van der Waals surface area contributed by atoms with Gasteiger partial charge in [0.15, 0.2) is 0 Å². The Labute approximate surface area is 514 Å². The highest BCUT2D eigenvalue weighted by molar-refractivity contribution is 6.32. The Morgan fingerprint density at radius 1 is 0.539 bits per heavy atom. The van der Waals surface area contributed by atoms with Crippen LogP contribution in [0.2, 0.25) is 5.15 Å². The molecule has 3 aliphatic rings. The maximum absolute atomic E-state index is 13.1. The van der Waals surface area contributed by atoms with Crippen LogP contribution < -0.4 is 17.2 Å². The first-order chi connectivity index (χ1) is 43.3. The molecule has 0 saturated carbocycles. The third-order valence-electron chi connectivity index (χ3n) is 16.8. The van der Waals surface area contributed by atoms with E-state index < -0.39 is 5.95 Å². The smallest absolute Gasteiger partial charge is 0.223 e. The number of hydrogen-bond acceptors (Lipinski definition) is 15. The number of imidazole rings is 3. The maximum atomic E-state index is 13.1. The number of aromatic amines is 3. The van der Waals surface area contributed by atoms with E-state index in [0.717, 1.165) is 155 Å². The van der Waals surface area contributed by atoms with Crippen LogP contribution >= 0.6 is 11.6 Å². The minimum Gasteiger partial charge on any atom is -0.382 e. The number of carbonyl (C=O) groups excluding carboxylic acids is 1. The molecule has 21 heteroatoms. The number of benzene rings is 4. The summed E-state index contributed by atoms with van der Waals surface area (Å²) in [6.07, 6.45) is 11.6. The second kappa shape index (κ2) is 23.4. The molecule has 12 heterocycles. The predicted molar refractivity (Wildman–Crippen MR) is 349 cm³/mol. The number of likely N-dealkylation sites (tertiary alicyclic amines) is 3. The Balaban J connectivity index is 0.000000117. The number of hydrogen-bond donors (Lipinski definition) is 6. The molecular formula is C68H60ClFN18O. The van der Waals surface area contributed by atoms with Gasteiger partial charge in [0.1, 0.15) is 73.2 Å². The molecule has 1 amide bonds. The lowest BCUT2D eigenvalue weighted by atomic mass is 9.99. The number of carbonyl (C=O) groups is 1. The quantitative estimate of drug-likeness (QED) is 0.0695. The van der Waals surface area contributed by atoms with Gasteiger partial charge < -0.3 is 46.9 Å². The standard InChI is InChI=1S/C26H22N6O.C21H19ClN6.C21H19FN6/c27-26-25-24(20-9-8-17(11-21(20)29-26)18-7-4-10-28-13-18)30-22(31-25)15-32-14-19(12-23(32)33)16-5-2-1-3-6-16;1-12-4-3-9-28(12)11-17-26-18-15-7-6-13(14-5-2-8-24-20(14)22)10-16(15)25-21(23)19(18)27-17;1-12-3-2-8-28(12)11-18-26-19-15-6-4-13(14-5-7-17(22)24-10-14)9-16(15)25-21(23)20(19)27-18/h1-11,13,19H,12,14-15H2,(H2,27,29)(H,30,31);2,5-8,10H,1,3-4,9,11H2,(H2,23,25)(H,26,27);4-7,9-10H,1-3,8,11H2,(H2,23,25)(H,26,27). The molecule has 4 aromatic carbocycles. The molecule has 9 aromatic heterocycles. The number of aromatic nitrogens is 12. The third kappa shape index (κ3) is 11.2. The van der Waals surface area contributed by atoms with Crippen molar-refractivity contribution in [2.24, 2.45) is 0 Å². The normalized spacial score (nSPS) is 15.1. The van der Waals surface area contributed by atoms with Crippen molar-refractivity contribution in [3.63, 3.8) is 0 Å². The van der Waals surface area contributed by atoms with E-state index in [1.54, 1.807) is 18.5 Å². The molecule has 442 valence electrons. The first kappa shape index (κ1) is 56.0. The molecular weight excluding hydrogens is 1140 g/mol. The number of pyridine rings is 6. The van der Waals surface area contributed by atoms with Gasteiger partial charge in [-0.1, -0.05) is 79.4 Å². The monoisotopic (exact) mass is 1200 g/mol. The van der Waals surface area contributed by atoms with Crippen LogP contribution in [-0.4, -0.2) is 100 Å². The van der Waals surface area contributed by atoms with Crippen LogP contribution in [0.15, 0.2) is 171 Å². The summed E-state index contributed by atoms with van der Waals surface area (Å²) in [7, 11) is 0. The molecule has 0 spiro atoms. The number of rotatable bonds is 10. The van der Waals surface area contributed by atoms with Gasteiger partial charge in [-0.3, -0.25) is 9.78 Å². The zero-order chi connectivity index (χ0) is 60.9. The molecule has 9 N–H and O–H groups in total.